The largest absolute Gasteiger partial charge is 0.383 e. The molecule has 18 heteroatoms. The van der Waals surface area contributed by atoms with E-state index in [2.05, 4.69) is 30.7 Å². The molecule has 262 valence electrons. The number of aromatic nitrogens is 7. The van der Waals surface area contributed by atoms with Gasteiger partial charge in [-0.3, -0.25) is 9.98 Å². The van der Waals surface area contributed by atoms with Gasteiger partial charge < -0.3 is 20.2 Å². The highest BCUT2D eigenvalue weighted by Crippen LogP contribution is 2.46. The number of nitrogens with one attached hydrogen (secondary N) is 1. The summed E-state index contributed by atoms with van der Waals surface area (Å²) in [6.45, 7) is -2.00. The summed E-state index contributed by atoms with van der Waals surface area (Å²) in [4.78, 5) is 30.9. The highest BCUT2D eigenvalue weighted by Gasteiger charge is 2.43. The number of carbonyl (C=O) groups excluding carboxylic acids is 1. The van der Waals surface area contributed by atoms with Crippen LogP contribution >= 0.6 is 22.9 Å². The molecule has 0 spiro atoms. The first-order valence-electron chi connectivity index (χ1n) is 16.0. The molecule has 7 heterocycles. The summed E-state index contributed by atoms with van der Waals surface area (Å²) in [5.74, 6) is -0.0149. The Morgan fingerprint density at radius 1 is 1.16 bits per heavy atom. The highest BCUT2D eigenvalue weighted by atomic mass is 35.5. The maximum Gasteiger partial charge on any atom is 0.333 e. The minimum atomic E-state index is -2.86. The van der Waals surface area contributed by atoms with Crippen molar-refractivity contribution in [1.29, 1.82) is 0 Å². The Kier molecular flexibility index (Phi) is 8.55. The maximum atomic E-state index is 14.1. The summed E-state index contributed by atoms with van der Waals surface area (Å²) in [6, 6.07) is 7.53. The third-order valence-electron chi connectivity index (χ3n) is 9.31. The number of piperidine rings is 1. The van der Waals surface area contributed by atoms with Gasteiger partial charge in [-0.1, -0.05) is 22.9 Å². The van der Waals surface area contributed by atoms with Gasteiger partial charge in [-0.2, -0.15) is 13.9 Å². The fraction of sp³-hybridized carbons (Fsp3) is 0.303. The number of likely N-dealkylation sites (tertiary alicyclic amines) is 1. The van der Waals surface area contributed by atoms with Crippen molar-refractivity contribution in [3.8, 4) is 5.69 Å². The second kappa shape index (κ2) is 13.2. The third-order valence-corrected chi connectivity index (χ3v) is 10.4. The second-order valence-electron chi connectivity index (χ2n) is 12.4. The molecule has 1 unspecified atom stereocenters. The fourth-order valence-electron chi connectivity index (χ4n) is 6.74. The van der Waals surface area contributed by atoms with Crippen LogP contribution in [0.1, 0.15) is 53.8 Å². The van der Waals surface area contributed by atoms with E-state index >= 15 is 0 Å². The molecule has 0 bridgehead atoms. The van der Waals surface area contributed by atoms with Crippen molar-refractivity contribution in [2.45, 2.75) is 43.5 Å². The lowest BCUT2D eigenvalue weighted by atomic mass is 9.89. The van der Waals surface area contributed by atoms with Gasteiger partial charge in [0.2, 0.25) is 0 Å². The van der Waals surface area contributed by atoms with E-state index in [1.54, 1.807) is 40.4 Å². The first kappa shape index (κ1) is 33.0. The zero-order valence-corrected chi connectivity index (χ0v) is 28.2. The van der Waals surface area contributed by atoms with E-state index < -0.39 is 30.1 Å². The van der Waals surface area contributed by atoms with Crippen molar-refractivity contribution < 1.29 is 23.1 Å². The van der Waals surface area contributed by atoms with Gasteiger partial charge in [-0.05, 0) is 43.2 Å². The van der Waals surface area contributed by atoms with Gasteiger partial charge in [-0.25, -0.2) is 23.5 Å². The molecule has 0 saturated carbocycles. The maximum absolute atomic E-state index is 14.1. The number of nitrogens with zero attached hydrogens (tertiary/aromatic N) is 10. The molecule has 0 radical (unpaired) electrons. The summed E-state index contributed by atoms with van der Waals surface area (Å²) < 4.78 is 43.6. The van der Waals surface area contributed by atoms with E-state index in [0.29, 0.717) is 56.7 Å². The van der Waals surface area contributed by atoms with Gasteiger partial charge in [0, 0.05) is 71.9 Å². The number of carbonyl (C=O) groups is 1. The minimum absolute atomic E-state index is 0.120. The lowest BCUT2D eigenvalue weighted by Crippen LogP contribution is -2.51. The molecule has 3 aliphatic heterocycles. The Bertz CT molecular complexity index is 2130. The third kappa shape index (κ3) is 6.25. The molecule has 3 aliphatic rings. The number of rotatable bonds is 7. The number of hydrogen-bond donors (Lipinski definition) is 2. The predicted octanol–water partition coefficient (Wildman–Crippen LogP) is 5.18. The molecular formula is C33H29ClF3N11O2S. The second-order valence-corrected chi connectivity index (χ2v) is 13.7. The number of amides is 2. The van der Waals surface area contributed by atoms with Gasteiger partial charge in [-0.15, -0.1) is 16.4 Å². The average Bonchev–Trinajstić information content (AvgIpc) is 3.96. The number of aliphatic hydroxyl groups is 1. The van der Waals surface area contributed by atoms with Crippen LogP contribution in [0.4, 0.5) is 18.0 Å². The van der Waals surface area contributed by atoms with Gasteiger partial charge in [0.25, 0.3) is 0 Å². The Morgan fingerprint density at radius 2 is 2.00 bits per heavy atom. The van der Waals surface area contributed by atoms with Crippen LogP contribution in [-0.2, 0) is 5.60 Å². The number of aliphatic imine (C=N–C) groups is 1. The number of alkyl halides is 2. The van der Waals surface area contributed by atoms with Crippen molar-refractivity contribution in [1.82, 2.24) is 49.9 Å². The van der Waals surface area contributed by atoms with E-state index in [0.717, 1.165) is 0 Å². The molecule has 2 atom stereocenters. The summed E-state index contributed by atoms with van der Waals surface area (Å²) in [5, 5.41) is 29.7. The van der Waals surface area contributed by atoms with Crippen molar-refractivity contribution >= 4 is 40.4 Å². The van der Waals surface area contributed by atoms with E-state index in [9.17, 15) is 23.1 Å². The smallest absolute Gasteiger partial charge is 0.333 e. The number of benzene rings is 1. The summed E-state index contributed by atoms with van der Waals surface area (Å²) in [6.07, 6.45) is 8.64. The lowest BCUT2D eigenvalue weighted by Gasteiger charge is -2.37. The highest BCUT2D eigenvalue weighted by molar-refractivity contribution is 7.11. The average molecular weight is 736 g/mol. The predicted molar refractivity (Wildman–Crippen MR) is 181 cm³/mol. The Balaban J connectivity index is 1.05. The molecule has 5 aromatic rings. The molecule has 51 heavy (non-hydrogen) atoms. The van der Waals surface area contributed by atoms with Gasteiger partial charge in [0.1, 0.15) is 23.2 Å². The summed E-state index contributed by atoms with van der Waals surface area (Å²) in [5.41, 5.74) is 1.80. The molecular weight excluding hydrogens is 707 g/mol. The van der Waals surface area contributed by atoms with E-state index in [-0.39, 0.29) is 42.7 Å². The Morgan fingerprint density at radius 3 is 2.71 bits per heavy atom. The molecule has 1 aromatic carbocycles. The van der Waals surface area contributed by atoms with Crippen LogP contribution in [0.5, 0.6) is 0 Å². The minimum Gasteiger partial charge on any atom is -0.383 e. The van der Waals surface area contributed by atoms with E-state index in [4.69, 9.17) is 16.6 Å². The van der Waals surface area contributed by atoms with Crippen LogP contribution in [-0.4, -0.2) is 87.2 Å². The number of thiazole rings is 1. The van der Waals surface area contributed by atoms with Crippen LogP contribution in [0.25, 0.3) is 11.3 Å². The zero-order chi connectivity index (χ0) is 35.3. The lowest BCUT2D eigenvalue weighted by molar-refractivity contribution is -0.0206. The molecule has 8 rings (SSSR count). The van der Waals surface area contributed by atoms with Gasteiger partial charge in [0.05, 0.1) is 29.8 Å². The van der Waals surface area contributed by atoms with Crippen molar-refractivity contribution in [2.24, 2.45) is 4.99 Å². The van der Waals surface area contributed by atoms with Crippen molar-refractivity contribution in [2.75, 3.05) is 19.6 Å². The first-order chi connectivity index (χ1) is 24.7. The topological polar surface area (TPSA) is 142 Å². The van der Waals surface area contributed by atoms with E-state index in [1.165, 1.54) is 41.8 Å². The Hall–Kier alpha value is -5.13. The van der Waals surface area contributed by atoms with Crippen LogP contribution in [0.3, 0.4) is 0 Å². The molecule has 4 aromatic heterocycles. The molecule has 2 N–H and O–H groups in total. The van der Waals surface area contributed by atoms with Gasteiger partial charge in [0.15, 0.2) is 10.8 Å². The quantitative estimate of drug-likeness (QED) is 0.233. The number of halogens is 4. The SMILES string of the molecule is O=C(NC1CC2=C(c3ccn(C(F)F)n3)[C@H](c3ccc(F)cc3Cl)N=C(c3nccs3)N2C1)N1CCC(O)(c2cn(-c3cccnc3)nn2)CC1. The van der Waals surface area contributed by atoms with Crippen LogP contribution < -0.4 is 5.32 Å². The first-order valence-corrected chi connectivity index (χ1v) is 17.3. The van der Waals surface area contributed by atoms with Crippen molar-refractivity contribution in [3.05, 3.63) is 111 Å². The van der Waals surface area contributed by atoms with Crippen molar-refractivity contribution in [3.63, 3.8) is 0 Å². The molecule has 0 aliphatic carbocycles. The molecule has 13 nitrogen and oxygen atoms in total. The number of amidine groups is 1. The number of hydrogen-bond acceptors (Lipinski definition) is 10. The Labute approximate surface area is 297 Å². The zero-order valence-electron chi connectivity index (χ0n) is 26.7. The standard InChI is InChI=1S/C33H29ClF3N11O2S/c34-23-14-19(35)3-4-22(23)28-27(24-5-10-47(43-24)31(36)37)25-15-20(17-46(25)29(41-28)30-39-9-13-51-30)40-32(49)45-11-6-33(50,7-12-45)26-18-48(44-42-26)21-2-1-8-38-16-21/h1-5,8-10,13-14,16,18,20,28,31,50H,6-7,11-12,15,17H2,(H,40,49)/t20?,28-/m0/s1. The van der Waals surface area contributed by atoms with Crippen LogP contribution in [0.15, 0.2) is 83.5 Å². The fourth-order valence-corrected chi connectivity index (χ4v) is 7.66. The number of pyridine rings is 1. The van der Waals surface area contributed by atoms with Crippen LogP contribution in [0, 0.1) is 5.82 Å². The molecule has 2 saturated heterocycles. The summed E-state index contributed by atoms with van der Waals surface area (Å²) in [7, 11) is 0. The molecule has 2 fully saturated rings. The van der Waals surface area contributed by atoms with Gasteiger partial charge >= 0.3 is 12.6 Å². The number of urea groups is 1. The van der Waals surface area contributed by atoms with Crippen LogP contribution in [0.2, 0.25) is 5.02 Å². The molecule has 2 amide bonds. The summed E-state index contributed by atoms with van der Waals surface area (Å²) >= 11 is 7.94. The number of fused-ring (bicyclic) bond motifs is 1. The monoisotopic (exact) mass is 735 g/mol. The van der Waals surface area contributed by atoms with E-state index in [1.807, 2.05) is 16.3 Å². The normalized spacial score (nSPS) is 20.2.